The predicted molar refractivity (Wildman–Crippen MR) is 57.0 cm³/mol. The van der Waals surface area contributed by atoms with E-state index in [2.05, 4.69) is 11.6 Å². The molecule has 0 atom stereocenters. The maximum atomic E-state index is 11.6. The van der Waals surface area contributed by atoms with Crippen LogP contribution in [-0.4, -0.2) is 10.8 Å². The first-order valence-electron chi connectivity index (χ1n) is 4.60. The molecule has 1 aromatic heterocycles. The SMILES string of the molecule is C=CCCCC(=O)c1ncccc1N. The van der Waals surface area contributed by atoms with Crippen LogP contribution in [0, 0.1) is 0 Å². The van der Waals surface area contributed by atoms with E-state index in [1.165, 1.54) is 0 Å². The molecule has 3 nitrogen and oxygen atoms in total. The van der Waals surface area contributed by atoms with Crippen LogP contribution < -0.4 is 5.73 Å². The number of carbonyl (C=O) groups is 1. The Balaban J connectivity index is 2.60. The fraction of sp³-hybridized carbons (Fsp3) is 0.273. The quantitative estimate of drug-likeness (QED) is 0.440. The minimum Gasteiger partial charge on any atom is -0.397 e. The summed E-state index contributed by atoms with van der Waals surface area (Å²) in [6, 6.07) is 3.41. The number of unbranched alkanes of at least 4 members (excludes halogenated alkanes) is 1. The molecule has 0 aliphatic carbocycles. The number of rotatable bonds is 5. The number of nitrogen functional groups attached to an aromatic ring is 1. The normalized spacial score (nSPS) is 9.71. The van der Waals surface area contributed by atoms with E-state index in [0.717, 1.165) is 12.8 Å². The first-order valence-corrected chi connectivity index (χ1v) is 4.60. The van der Waals surface area contributed by atoms with Crippen LogP contribution in [-0.2, 0) is 0 Å². The van der Waals surface area contributed by atoms with Gasteiger partial charge in [-0.2, -0.15) is 0 Å². The van der Waals surface area contributed by atoms with E-state index in [-0.39, 0.29) is 5.78 Å². The summed E-state index contributed by atoms with van der Waals surface area (Å²) in [4.78, 5) is 15.5. The zero-order chi connectivity index (χ0) is 10.4. The van der Waals surface area contributed by atoms with Gasteiger partial charge in [-0.05, 0) is 25.0 Å². The number of hydrogen-bond acceptors (Lipinski definition) is 3. The summed E-state index contributed by atoms with van der Waals surface area (Å²) in [6.45, 7) is 3.60. The number of nitrogens with two attached hydrogens (primary N) is 1. The van der Waals surface area contributed by atoms with E-state index in [4.69, 9.17) is 5.73 Å². The van der Waals surface area contributed by atoms with Gasteiger partial charge in [0.05, 0.1) is 5.69 Å². The second kappa shape index (κ2) is 5.17. The largest absolute Gasteiger partial charge is 0.397 e. The molecule has 0 aliphatic heterocycles. The molecule has 0 spiro atoms. The summed E-state index contributed by atoms with van der Waals surface area (Å²) in [5.74, 6) is 0.00458. The lowest BCUT2D eigenvalue weighted by Crippen LogP contribution is -2.05. The van der Waals surface area contributed by atoms with Crippen LogP contribution in [0.3, 0.4) is 0 Å². The first-order chi connectivity index (χ1) is 6.75. The second-order valence-corrected chi connectivity index (χ2v) is 3.05. The maximum absolute atomic E-state index is 11.6. The van der Waals surface area contributed by atoms with Gasteiger partial charge in [-0.3, -0.25) is 9.78 Å². The monoisotopic (exact) mass is 190 g/mol. The van der Waals surface area contributed by atoms with Gasteiger partial charge in [-0.25, -0.2) is 0 Å². The van der Waals surface area contributed by atoms with Gasteiger partial charge in [-0.15, -0.1) is 6.58 Å². The van der Waals surface area contributed by atoms with Crippen LogP contribution >= 0.6 is 0 Å². The molecule has 0 amide bonds. The van der Waals surface area contributed by atoms with Crippen molar-refractivity contribution < 1.29 is 4.79 Å². The lowest BCUT2D eigenvalue weighted by atomic mass is 10.1. The number of Topliss-reactive ketones (excluding diaryl/α,β-unsaturated/α-hetero) is 1. The molecule has 2 N–H and O–H groups in total. The van der Waals surface area contributed by atoms with Gasteiger partial charge in [0.15, 0.2) is 5.78 Å². The molecule has 0 saturated heterocycles. The standard InChI is InChI=1S/C11H14N2O/c1-2-3-4-7-10(14)11-9(12)6-5-8-13-11/h2,5-6,8H,1,3-4,7,12H2. The van der Waals surface area contributed by atoms with Crippen molar-refractivity contribution in [2.75, 3.05) is 5.73 Å². The highest BCUT2D eigenvalue weighted by molar-refractivity contribution is 5.98. The number of ketones is 1. The van der Waals surface area contributed by atoms with Crippen LogP contribution in [0.25, 0.3) is 0 Å². The Labute approximate surface area is 83.7 Å². The minimum atomic E-state index is 0.00458. The molecule has 0 aromatic carbocycles. The number of nitrogens with zero attached hydrogens (tertiary/aromatic N) is 1. The fourth-order valence-corrected chi connectivity index (χ4v) is 1.18. The molecule has 0 bridgehead atoms. The number of allylic oxidation sites excluding steroid dienone is 1. The van der Waals surface area contributed by atoms with E-state index in [1.807, 2.05) is 0 Å². The molecule has 1 aromatic rings. The Kier molecular flexibility index (Phi) is 3.85. The van der Waals surface area contributed by atoms with Crippen molar-refractivity contribution in [1.29, 1.82) is 0 Å². The Bertz CT molecular complexity index is 334. The summed E-state index contributed by atoms with van der Waals surface area (Å²) < 4.78 is 0. The number of anilines is 1. The van der Waals surface area contributed by atoms with Crippen LogP contribution in [0.15, 0.2) is 31.0 Å². The third-order valence-corrected chi connectivity index (χ3v) is 1.92. The molecule has 74 valence electrons. The Morgan fingerprint density at radius 1 is 1.64 bits per heavy atom. The van der Waals surface area contributed by atoms with Crippen molar-refractivity contribution in [2.24, 2.45) is 0 Å². The topological polar surface area (TPSA) is 56.0 Å². The molecule has 0 saturated carbocycles. The average Bonchev–Trinajstić information content (AvgIpc) is 2.18. The molecule has 0 fully saturated rings. The van der Waals surface area contributed by atoms with Crippen molar-refractivity contribution in [1.82, 2.24) is 4.98 Å². The van der Waals surface area contributed by atoms with Crippen molar-refractivity contribution in [3.8, 4) is 0 Å². The van der Waals surface area contributed by atoms with E-state index >= 15 is 0 Å². The van der Waals surface area contributed by atoms with Gasteiger partial charge in [0.1, 0.15) is 5.69 Å². The summed E-state index contributed by atoms with van der Waals surface area (Å²) in [6.07, 6.45) is 5.51. The highest BCUT2D eigenvalue weighted by Crippen LogP contribution is 2.11. The third-order valence-electron chi connectivity index (χ3n) is 1.92. The fourth-order valence-electron chi connectivity index (χ4n) is 1.18. The van der Waals surface area contributed by atoms with Crippen molar-refractivity contribution in [3.05, 3.63) is 36.7 Å². The molecule has 3 heteroatoms. The van der Waals surface area contributed by atoms with Crippen LogP contribution in [0.2, 0.25) is 0 Å². The van der Waals surface area contributed by atoms with E-state index < -0.39 is 0 Å². The lowest BCUT2D eigenvalue weighted by Gasteiger charge is -2.01. The van der Waals surface area contributed by atoms with Gasteiger partial charge in [-0.1, -0.05) is 6.08 Å². The van der Waals surface area contributed by atoms with Crippen molar-refractivity contribution in [2.45, 2.75) is 19.3 Å². The Hall–Kier alpha value is -1.64. The minimum absolute atomic E-state index is 0.00458. The summed E-state index contributed by atoms with van der Waals surface area (Å²) in [7, 11) is 0. The predicted octanol–water partition coefficient (Wildman–Crippen LogP) is 2.20. The molecular weight excluding hydrogens is 176 g/mol. The molecule has 0 radical (unpaired) electrons. The smallest absolute Gasteiger partial charge is 0.183 e. The van der Waals surface area contributed by atoms with Crippen LogP contribution in [0.1, 0.15) is 29.8 Å². The van der Waals surface area contributed by atoms with Crippen molar-refractivity contribution >= 4 is 11.5 Å². The Morgan fingerprint density at radius 2 is 2.43 bits per heavy atom. The molecule has 0 aliphatic rings. The summed E-state index contributed by atoms with van der Waals surface area (Å²) >= 11 is 0. The first kappa shape index (κ1) is 10.4. The highest BCUT2D eigenvalue weighted by Gasteiger charge is 2.09. The number of hydrogen-bond donors (Lipinski definition) is 1. The van der Waals surface area contributed by atoms with Crippen LogP contribution in [0.5, 0.6) is 0 Å². The zero-order valence-electron chi connectivity index (χ0n) is 8.07. The number of aromatic nitrogens is 1. The zero-order valence-corrected chi connectivity index (χ0v) is 8.07. The lowest BCUT2D eigenvalue weighted by molar-refractivity contribution is 0.0976. The molecule has 1 heterocycles. The number of carbonyl (C=O) groups excluding carboxylic acids is 1. The highest BCUT2D eigenvalue weighted by atomic mass is 16.1. The molecule has 1 rings (SSSR count). The third kappa shape index (κ3) is 2.69. The van der Waals surface area contributed by atoms with Gasteiger partial charge >= 0.3 is 0 Å². The number of pyridine rings is 1. The van der Waals surface area contributed by atoms with Crippen molar-refractivity contribution in [3.63, 3.8) is 0 Å². The van der Waals surface area contributed by atoms with E-state index in [9.17, 15) is 4.79 Å². The van der Waals surface area contributed by atoms with Gasteiger partial charge in [0.25, 0.3) is 0 Å². The Morgan fingerprint density at radius 3 is 3.07 bits per heavy atom. The van der Waals surface area contributed by atoms with E-state index in [0.29, 0.717) is 17.8 Å². The average molecular weight is 190 g/mol. The summed E-state index contributed by atoms with van der Waals surface area (Å²) in [5.41, 5.74) is 6.46. The van der Waals surface area contributed by atoms with Gasteiger partial charge in [0, 0.05) is 12.6 Å². The molecule has 14 heavy (non-hydrogen) atoms. The summed E-state index contributed by atoms with van der Waals surface area (Å²) in [5, 5.41) is 0. The van der Waals surface area contributed by atoms with E-state index in [1.54, 1.807) is 24.4 Å². The van der Waals surface area contributed by atoms with Crippen LogP contribution in [0.4, 0.5) is 5.69 Å². The molecule has 0 unspecified atom stereocenters. The van der Waals surface area contributed by atoms with Gasteiger partial charge in [0.2, 0.25) is 0 Å². The second-order valence-electron chi connectivity index (χ2n) is 3.05. The maximum Gasteiger partial charge on any atom is 0.183 e. The molecular formula is C11H14N2O. The van der Waals surface area contributed by atoms with Gasteiger partial charge < -0.3 is 5.73 Å².